The zero-order valence-electron chi connectivity index (χ0n) is 15.2. The Morgan fingerprint density at radius 3 is 2.52 bits per heavy atom. The van der Waals surface area contributed by atoms with Gasteiger partial charge in [0.15, 0.2) is 0 Å². The molecular formula is C19H27N5O. The van der Waals surface area contributed by atoms with Crippen LogP contribution in [0.3, 0.4) is 0 Å². The van der Waals surface area contributed by atoms with Gasteiger partial charge in [-0.05, 0) is 24.5 Å². The molecule has 0 saturated carbocycles. The monoisotopic (exact) mass is 341 g/mol. The molecule has 0 radical (unpaired) electrons. The molecule has 1 aliphatic heterocycles. The van der Waals surface area contributed by atoms with Gasteiger partial charge in [-0.1, -0.05) is 32.0 Å². The van der Waals surface area contributed by atoms with E-state index < -0.39 is 0 Å². The Morgan fingerprint density at radius 2 is 1.88 bits per heavy atom. The molecule has 2 N–H and O–H groups in total. The average molecular weight is 341 g/mol. The number of nitrogens with zero attached hydrogens (tertiary/aromatic N) is 3. The van der Waals surface area contributed by atoms with E-state index in [1.165, 1.54) is 5.56 Å². The summed E-state index contributed by atoms with van der Waals surface area (Å²) in [5.41, 5.74) is 2.09. The number of piperazine rings is 1. The lowest BCUT2D eigenvalue weighted by atomic mass is 10.0. The summed E-state index contributed by atoms with van der Waals surface area (Å²) in [5, 5.41) is 3.11. The van der Waals surface area contributed by atoms with Crippen molar-refractivity contribution < 1.29 is 4.79 Å². The molecule has 1 aromatic carbocycles. The van der Waals surface area contributed by atoms with Crippen LogP contribution < -0.4 is 10.2 Å². The van der Waals surface area contributed by atoms with Gasteiger partial charge in [0, 0.05) is 44.3 Å². The number of para-hydroxylation sites is 1. The topological polar surface area (TPSA) is 64.3 Å². The van der Waals surface area contributed by atoms with Gasteiger partial charge in [0.1, 0.15) is 0 Å². The number of imidazole rings is 1. The number of aromatic amines is 1. The molecule has 0 spiro atoms. The highest BCUT2D eigenvalue weighted by Crippen LogP contribution is 2.24. The van der Waals surface area contributed by atoms with Crippen LogP contribution in [0.25, 0.3) is 0 Å². The second-order valence-electron chi connectivity index (χ2n) is 6.84. The van der Waals surface area contributed by atoms with E-state index in [0.29, 0.717) is 5.92 Å². The van der Waals surface area contributed by atoms with Crippen LogP contribution in [0.5, 0.6) is 0 Å². The normalized spacial score (nSPS) is 16.9. The highest BCUT2D eigenvalue weighted by molar-refractivity contribution is 5.95. The summed E-state index contributed by atoms with van der Waals surface area (Å²) in [6, 6.07) is 7.89. The number of hydrogen-bond acceptors (Lipinski definition) is 4. The molecule has 6 heteroatoms. The van der Waals surface area contributed by atoms with Gasteiger partial charge >= 0.3 is 0 Å². The fourth-order valence-corrected chi connectivity index (χ4v) is 3.27. The third-order valence-electron chi connectivity index (χ3n) is 4.87. The summed E-state index contributed by atoms with van der Waals surface area (Å²) >= 11 is 0. The number of nitrogens with one attached hydrogen (secondary N) is 2. The van der Waals surface area contributed by atoms with Crippen molar-refractivity contribution in [2.75, 3.05) is 36.4 Å². The molecule has 0 bridgehead atoms. The molecule has 1 atom stereocenters. The first-order valence-corrected chi connectivity index (χ1v) is 8.94. The van der Waals surface area contributed by atoms with Gasteiger partial charge in [0.2, 0.25) is 11.9 Å². The second kappa shape index (κ2) is 7.70. The molecule has 3 rings (SSSR count). The van der Waals surface area contributed by atoms with Crippen molar-refractivity contribution in [2.24, 2.45) is 0 Å². The molecule has 1 aliphatic rings. The Labute approximate surface area is 149 Å². The van der Waals surface area contributed by atoms with Crippen molar-refractivity contribution in [3.05, 3.63) is 42.2 Å². The smallest absolute Gasteiger partial charge is 0.241 e. The summed E-state index contributed by atoms with van der Waals surface area (Å²) < 4.78 is 0. The lowest BCUT2D eigenvalue weighted by molar-refractivity contribution is -0.120. The first-order valence-electron chi connectivity index (χ1n) is 8.94. The average Bonchev–Trinajstić information content (AvgIpc) is 3.16. The van der Waals surface area contributed by atoms with E-state index in [-0.39, 0.29) is 11.9 Å². The van der Waals surface area contributed by atoms with Gasteiger partial charge in [-0.15, -0.1) is 0 Å². The fraction of sp³-hybridized carbons (Fsp3) is 0.474. The first kappa shape index (κ1) is 17.5. The summed E-state index contributed by atoms with van der Waals surface area (Å²) in [6.45, 7) is 9.70. The highest BCUT2D eigenvalue weighted by Gasteiger charge is 2.26. The predicted molar refractivity (Wildman–Crippen MR) is 101 cm³/mol. The fourth-order valence-electron chi connectivity index (χ4n) is 3.27. The zero-order chi connectivity index (χ0) is 17.8. The summed E-state index contributed by atoms with van der Waals surface area (Å²) in [6.07, 6.45) is 3.61. The van der Waals surface area contributed by atoms with Gasteiger partial charge in [-0.25, -0.2) is 4.98 Å². The number of rotatable bonds is 5. The molecule has 25 heavy (non-hydrogen) atoms. The SMILES string of the molecule is CC(C)c1ccccc1NC(=O)[C@H](C)N1CCN(c2ncc[nH]2)CC1. The minimum Gasteiger partial charge on any atom is -0.340 e. The number of carbonyl (C=O) groups is 1. The summed E-state index contributed by atoms with van der Waals surface area (Å²) in [4.78, 5) is 24.6. The number of benzene rings is 1. The number of amides is 1. The Bertz CT molecular complexity index is 690. The van der Waals surface area contributed by atoms with Crippen LogP contribution in [0.15, 0.2) is 36.7 Å². The molecule has 0 aliphatic carbocycles. The minimum absolute atomic E-state index is 0.0551. The molecule has 1 saturated heterocycles. The van der Waals surface area contributed by atoms with Gasteiger partial charge in [-0.2, -0.15) is 0 Å². The maximum Gasteiger partial charge on any atom is 0.241 e. The zero-order valence-corrected chi connectivity index (χ0v) is 15.2. The number of aromatic nitrogens is 2. The Kier molecular flexibility index (Phi) is 5.38. The van der Waals surface area contributed by atoms with Crippen molar-refractivity contribution in [1.29, 1.82) is 0 Å². The molecule has 0 unspecified atom stereocenters. The quantitative estimate of drug-likeness (QED) is 0.878. The van der Waals surface area contributed by atoms with Crippen molar-refractivity contribution in [3.8, 4) is 0 Å². The molecule has 1 amide bonds. The van der Waals surface area contributed by atoms with E-state index >= 15 is 0 Å². The Hall–Kier alpha value is -2.34. The van der Waals surface area contributed by atoms with E-state index in [4.69, 9.17) is 0 Å². The van der Waals surface area contributed by atoms with E-state index in [2.05, 4.69) is 45.0 Å². The minimum atomic E-state index is -0.154. The first-order chi connectivity index (χ1) is 12.1. The van der Waals surface area contributed by atoms with Crippen molar-refractivity contribution >= 4 is 17.5 Å². The van der Waals surface area contributed by atoms with Crippen LogP contribution >= 0.6 is 0 Å². The molecule has 1 fully saturated rings. The lowest BCUT2D eigenvalue weighted by Crippen LogP contribution is -2.53. The molecule has 2 aromatic rings. The van der Waals surface area contributed by atoms with Gasteiger partial charge in [0.05, 0.1) is 6.04 Å². The van der Waals surface area contributed by atoms with Crippen LogP contribution in [0.2, 0.25) is 0 Å². The summed E-state index contributed by atoms with van der Waals surface area (Å²) in [5.74, 6) is 1.34. The third kappa shape index (κ3) is 4.02. The summed E-state index contributed by atoms with van der Waals surface area (Å²) in [7, 11) is 0. The molecule has 6 nitrogen and oxygen atoms in total. The van der Waals surface area contributed by atoms with Gasteiger partial charge in [-0.3, -0.25) is 9.69 Å². The second-order valence-corrected chi connectivity index (χ2v) is 6.84. The highest BCUT2D eigenvalue weighted by atomic mass is 16.2. The van der Waals surface area contributed by atoms with E-state index in [9.17, 15) is 4.79 Å². The largest absolute Gasteiger partial charge is 0.340 e. The maximum atomic E-state index is 12.7. The Balaban J connectivity index is 1.58. The van der Waals surface area contributed by atoms with Crippen LogP contribution in [-0.4, -0.2) is 53.0 Å². The number of hydrogen-bond donors (Lipinski definition) is 2. The Morgan fingerprint density at radius 1 is 1.16 bits per heavy atom. The molecule has 2 heterocycles. The van der Waals surface area contributed by atoms with E-state index in [1.807, 2.05) is 31.3 Å². The molecule has 1 aromatic heterocycles. The van der Waals surface area contributed by atoms with Gasteiger partial charge < -0.3 is 15.2 Å². The van der Waals surface area contributed by atoms with Crippen LogP contribution in [0.4, 0.5) is 11.6 Å². The van der Waals surface area contributed by atoms with Crippen LogP contribution in [-0.2, 0) is 4.79 Å². The number of carbonyl (C=O) groups excluding carboxylic acids is 1. The van der Waals surface area contributed by atoms with Crippen LogP contribution in [0.1, 0.15) is 32.3 Å². The van der Waals surface area contributed by atoms with Gasteiger partial charge in [0.25, 0.3) is 0 Å². The van der Waals surface area contributed by atoms with E-state index in [1.54, 1.807) is 6.20 Å². The standard InChI is InChI=1S/C19H27N5O/c1-14(2)16-6-4-5-7-17(16)22-18(25)15(3)23-10-12-24(13-11-23)19-20-8-9-21-19/h4-9,14-15H,10-13H2,1-3H3,(H,20,21)(H,22,25)/t15-/m0/s1. The van der Waals surface area contributed by atoms with Crippen LogP contribution in [0, 0.1) is 0 Å². The third-order valence-corrected chi connectivity index (χ3v) is 4.87. The molecular weight excluding hydrogens is 314 g/mol. The predicted octanol–water partition coefficient (Wildman–Crippen LogP) is 2.68. The van der Waals surface area contributed by atoms with Crippen molar-refractivity contribution in [2.45, 2.75) is 32.7 Å². The van der Waals surface area contributed by atoms with Crippen molar-refractivity contribution in [1.82, 2.24) is 14.9 Å². The number of anilines is 2. The van der Waals surface area contributed by atoms with E-state index in [0.717, 1.165) is 37.8 Å². The molecule has 134 valence electrons. The number of H-pyrrole nitrogens is 1. The van der Waals surface area contributed by atoms with Crippen molar-refractivity contribution in [3.63, 3.8) is 0 Å². The maximum absolute atomic E-state index is 12.7. The lowest BCUT2D eigenvalue weighted by Gasteiger charge is -2.37.